The monoisotopic (exact) mass is 545 g/mol. The molecule has 0 aliphatic carbocycles. The normalized spacial score (nSPS) is 21.0. The lowest BCUT2D eigenvalue weighted by molar-refractivity contribution is 0.00578. The second kappa shape index (κ2) is 8.71. The highest BCUT2D eigenvalue weighted by atomic mass is 16.7. The Morgan fingerprint density at radius 2 is 0.927 bits per heavy atom. The quantitative estimate of drug-likeness (QED) is 0.242. The molecule has 0 amide bonds. The van der Waals surface area contributed by atoms with Gasteiger partial charge in [0.1, 0.15) is 0 Å². The Morgan fingerprint density at radius 1 is 0.488 bits per heavy atom. The third-order valence-corrected chi connectivity index (χ3v) is 9.86. The van der Waals surface area contributed by atoms with Crippen molar-refractivity contribution in [1.82, 2.24) is 4.57 Å². The van der Waals surface area contributed by atoms with Gasteiger partial charge in [-0.3, -0.25) is 0 Å². The van der Waals surface area contributed by atoms with Gasteiger partial charge in [-0.2, -0.15) is 0 Å². The molecule has 7 heteroatoms. The Kier molecular flexibility index (Phi) is 5.69. The van der Waals surface area contributed by atoms with Crippen molar-refractivity contribution in [2.45, 2.75) is 77.8 Å². The summed E-state index contributed by atoms with van der Waals surface area (Å²) in [6.45, 7) is 16.7. The maximum absolute atomic E-state index is 6.43. The Hall–Kier alpha value is -3.09. The molecule has 5 aromatic rings. The summed E-state index contributed by atoms with van der Waals surface area (Å²) in [5, 5.41) is 4.71. The molecule has 0 unspecified atom stereocenters. The van der Waals surface area contributed by atoms with E-state index in [1.807, 2.05) is 0 Å². The summed E-state index contributed by atoms with van der Waals surface area (Å²) in [4.78, 5) is 0. The van der Waals surface area contributed by atoms with Crippen molar-refractivity contribution in [2.75, 3.05) is 0 Å². The predicted octanol–water partition coefficient (Wildman–Crippen LogP) is 6.54. The molecular formula is C34H37B2NO4. The predicted molar refractivity (Wildman–Crippen MR) is 170 cm³/mol. The lowest BCUT2D eigenvalue weighted by Crippen LogP contribution is -2.41. The van der Waals surface area contributed by atoms with Gasteiger partial charge in [0.15, 0.2) is 0 Å². The molecule has 0 N–H and O–H groups in total. The first kappa shape index (κ1) is 26.8. The molecule has 7 rings (SSSR count). The van der Waals surface area contributed by atoms with Gasteiger partial charge in [-0.15, -0.1) is 0 Å². The highest BCUT2D eigenvalue weighted by Crippen LogP contribution is 2.39. The van der Waals surface area contributed by atoms with Crippen molar-refractivity contribution in [1.29, 1.82) is 0 Å². The van der Waals surface area contributed by atoms with Crippen molar-refractivity contribution in [3.63, 3.8) is 0 Å². The number of aromatic nitrogens is 1. The van der Waals surface area contributed by atoms with E-state index in [-0.39, 0.29) is 0 Å². The minimum Gasteiger partial charge on any atom is -0.399 e. The van der Waals surface area contributed by atoms with Crippen LogP contribution in [0.25, 0.3) is 38.3 Å². The van der Waals surface area contributed by atoms with E-state index in [1.54, 1.807) is 0 Å². The number of fused-ring (bicyclic) bond motifs is 4. The van der Waals surface area contributed by atoms with Crippen LogP contribution in [0.4, 0.5) is 0 Å². The molecule has 3 heterocycles. The van der Waals surface area contributed by atoms with Crippen molar-refractivity contribution >= 4 is 57.7 Å². The summed E-state index contributed by atoms with van der Waals surface area (Å²) in [5.74, 6) is 0. The number of hydrogen-bond donors (Lipinski definition) is 0. The molecule has 0 saturated carbocycles. The van der Waals surface area contributed by atoms with Gasteiger partial charge in [0.25, 0.3) is 0 Å². The van der Waals surface area contributed by atoms with Crippen molar-refractivity contribution in [3.05, 3.63) is 78.9 Å². The molecule has 208 valence electrons. The Bertz CT molecular complexity index is 1710. The maximum Gasteiger partial charge on any atom is 0.494 e. The van der Waals surface area contributed by atoms with Gasteiger partial charge >= 0.3 is 14.2 Å². The fourth-order valence-corrected chi connectivity index (χ4v) is 5.90. The Morgan fingerprint density at radius 3 is 1.39 bits per heavy atom. The SMILES string of the molecule is CC1(C)OB(c2ccc3c(c2)c2cc(B4OC(C)(C)C(C)(C)O4)ccc2n3-c2ccc3ccccc3c2)OC1(C)C. The van der Waals surface area contributed by atoms with E-state index < -0.39 is 36.6 Å². The number of benzene rings is 4. The first-order valence-corrected chi connectivity index (χ1v) is 14.5. The van der Waals surface area contributed by atoms with E-state index >= 15 is 0 Å². The molecule has 0 radical (unpaired) electrons. The molecule has 2 fully saturated rings. The molecular weight excluding hydrogens is 508 g/mol. The average molecular weight is 545 g/mol. The standard InChI is InChI=1S/C34H37B2NO4/c1-31(2)32(3,4)39-35(38-31)24-14-17-29-27(20-24)28-21-25(36-40-33(5,6)34(7,8)41-36)15-18-30(28)37(29)26-16-13-22-11-9-10-12-23(22)19-26/h9-21H,1-8H3. The zero-order valence-electron chi connectivity index (χ0n) is 25.2. The van der Waals surface area contributed by atoms with Crippen molar-refractivity contribution in [2.24, 2.45) is 0 Å². The summed E-state index contributed by atoms with van der Waals surface area (Å²) in [5.41, 5.74) is 3.76. The van der Waals surface area contributed by atoms with Crippen LogP contribution in [0, 0.1) is 0 Å². The van der Waals surface area contributed by atoms with Crippen molar-refractivity contribution < 1.29 is 18.6 Å². The molecule has 2 saturated heterocycles. The van der Waals surface area contributed by atoms with E-state index in [2.05, 4.69) is 139 Å². The molecule has 0 atom stereocenters. The van der Waals surface area contributed by atoms with E-state index in [0.29, 0.717) is 0 Å². The zero-order chi connectivity index (χ0) is 28.9. The minimum atomic E-state index is -0.435. The fraction of sp³-hybridized carbons (Fsp3) is 0.353. The molecule has 4 aromatic carbocycles. The first-order chi connectivity index (χ1) is 19.3. The zero-order valence-corrected chi connectivity index (χ0v) is 25.2. The van der Waals surface area contributed by atoms with E-state index in [9.17, 15) is 0 Å². The van der Waals surface area contributed by atoms with Gasteiger partial charge in [-0.1, -0.05) is 54.6 Å². The minimum absolute atomic E-state index is 0.407. The lowest BCUT2D eigenvalue weighted by atomic mass is 9.77. The summed E-state index contributed by atoms with van der Waals surface area (Å²) < 4.78 is 28.1. The molecule has 41 heavy (non-hydrogen) atoms. The van der Waals surface area contributed by atoms with Crippen molar-refractivity contribution in [3.8, 4) is 5.69 Å². The maximum atomic E-state index is 6.43. The molecule has 2 aliphatic rings. The largest absolute Gasteiger partial charge is 0.494 e. The highest BCUT2D eigenvalue weighted by molar-refractivity contribution is 6.63. The van der Waals surface area contributed by atoms with E-state index in [0.717, 1.165) is 38.4 Å². The third kappa shape index (κ3) is 4.09. The summed E-state index contributed by atoms with van der Waals surface area (Å²) >= 11 is 0. The van der Waals surface area contributed by atoms with Crippen LogP contribution >= 0.6 is 0 Å². The van der Waals surface area contributed by atoms with Crippen LogP contribution in [0.3, 0.4) is 0 Å². The van der Waals surface area contributed by atoms with Crippen LogP contribution in [0.15, 0.2) is 78.9 Å². The fourth-order valence-electron chi connectivity index (χ4n) is 5.90. The smallest absolute Gasteiger partial charge is 0.399 e. The van der Waals surface area contributed by atoms with Gasteiger partial charge < -0.3 is 23.2 Å². The average Bonchev–Trinajstić information content (AvgIpc) is 3.44. The second-order valence-corrected chi connectivity index (χ2v) is 13.6. The molecule has 0 bridgehead atoms. The van der Waals surface area contributed by atoms with Gasteiger partial charge in [0, 0.05) is 16.5 Å². The molecule has 5 nitrogen and oxygen atoms in total. The van der Waals surface area contributed by atoms with Gasteiger partial charge in [-0.05, 0) is 101 Å². The number of nitrogens with zero attached hydrogens (tertiary/aromatic N) is 1. The highest BCUT2D eigenvalue weighted by Gasteiger charge is 2.53. The Balaban J connectivity index is 1.42. The molecule has 2 aliphatic heterocycles. The van der Waals surface area contributed by atoms with Crippen LogP contribution in [-0.2, 0) is 18.6 Å². The topological polar surface area (TPSA) is 41.9 Å². The van der Waals surface area contributed by atoms with Gasteiger partial charge in [-0.25, -0.2) is 0 Å². The summed E-state index contributed by atoms with van der Waals surface area (Å²) in [7, 11) is -0.871. The van der Waals surface area contributed by atoms with Crippen LogP contribution < -0.4 is 10.9 Å². The van der Waals surface area contributed by atoms with Gasteiger partial charge in [0.2, 0.25) is 0 Å². The Labute approximate surface area is 243 Å². The van der Waals surface area contributed by atoms with E-state index in [4.69, 9.17) is 18.6 Å². The van der Waals surface area contributed by atoms with Crippen LogP contribution in [0.2, 0.25) is 0 Å². The summed E-state index contributed by atoms with van der Waals surface area (Å²) in [6, 6.07) is 28.3. The van der Waals surface area contributed by atoms with Crippen LogP contribution in [0.5, 0.6) is 0 Å². The van der Waals surface area contributed by atoms with Crippen LogP contribution in [-0.4, -0.2) is 41.2 Å². The van der Waals surface area contributed by atoms with E-state index in [1.165, 1.54) is 10.8 Å². The number of hydrogen-bond acceptors (Lipinski definition) is 4. The second-order valence-electron chi connectivity index (χ2n) is 13.6. The summed E-state index contributed by atoms with van der Waals surface area (Å²) in [6.07, 6.45) is 0. The first-order valence-electron chi connectivity index (χ1n) is 14.5. The van der Waals surface area contributed by atoms with Crippen LogP contribution in [0.1, 0.15) is 55.4 Å². The number of rotatable bonds is 3. The molecule has 0 spiro atoms. The molecule has 1 aromatic heterocycles. The third-order valence-electron chi connectivity index (χ3n) is 9.86. The lowest BCUT2D eigenvalue weighted by Gasteiger charge is -2.32. The van der Waals surface area contributed by atoms with Gasteiger partial charge in [0.05, 0.1) is 33.4 Å².